The largest absolute Gasteiger partial charge is 0.497 e. The van der Waals surface area contributed by atoms with Crippen LogP contribution < -0.4 is 4.74 Å². The third kappa shape index (κ3) is 4.40. The lowest BCUT2D eigenvalue weighted by Gasteiger charge is -2.30. The van der Waals surface area contributed by atoms with Crippen LogP contribution >= 0.6 is 0 Å². The smallest absolute Gasteiger partial charge is 0.231 e. The van der Waals surface area contributed by atoms with Crippen molar-refractivity contribution >= 4 is 0 Å². The second-order valence-electron chi connectivity index (χ2n) is 7.91. The number of methoxy groups -OCH3 is 1. The summed E-state index contributed by atoms with van der Waals surface area (Å²) in [5.41, 5.74) is 2.40. The summed E-state index contributed by atoms with van der Waals surface area (Å²) in [6.07, 6.45) is 3.70. The van der Waals surface area contributed by atoms with Crippen LogP contribution in [-0.2, 0) is 6.54 Å². The van der Waals surface area contributed by atoms with E-state index in [4.69, 9.17) is 13.7 Å². The summed E-state index contributed by atoms with van der Waals surface area (Å²) in [7, 11) is 1.64. The van der Waals surface area contributed by atoms with Gasteiger partial charge in [0, 0.05) is 24.2 Å². The van der Waals surface area contributed by atoms with E-state index in [0.29, 0.717) is 29.7 Å². The van der Waals surface area contributed by atoms with Crippen molar-refractivity contribution in [1.29, 1.82) is 0 Å². The molecule has 7 nitrogen and oxygen atoms in total. The maximum atomic E-state index is 13.5. The Bertz CT molecular complexity index is 1190. The molecular weight excluding hydrogens is 411 g/mol. The number of piperidine rings is 1. The van der Waals surface area contributed by atoms with Gasteiger partial charge in [-0.2, -0.15) is 4.98 Å². The predicted molar refractivity (Wildman–Crippen MR) is 115 cm³/mol. The number of oxazole rings is 1. The highest BCUT2D eigenvalue weighted by Crippen LogP contribution is 2.29. The lowest BCUT2D eigenvalue weighted by Crippen LogP contribution is -2.34. The first-order chi connectivity index (χ1) is 15.7. The van der Waals surface area contributed by atoms with Crippen LogP contribution in [0.4, 0.5) is 4.39 Å². The minimum atomic E-state index is -0.320. The average molecular weight is 434 g/mol. The number of rotatable bonds is 6. The van der Waals surface area contributed by atoms with Crippen molar-refractivity contribution in [3.63, 3.8) is 0 Å². The van der Waals surface area contributed by atoms with Gasteiger partial charge in [-0.1, -0.05) is 17.3 Å². The molecule has 164 valence electrons. The van der Waals surface area contributed by atoms with Crippen LogP contribution in [0.25, 0.3) is 22.8 Å². The minimum absolute atomic E-state index is 0.131. The van der Waals surface area contributed by atoms with Gasteiger partial charge in [0.1, 0.15) is 17.8 Å². The maximum Gasteiger partial charge on any atom is 0.231 e. The van der Waals surface area contributed by atoms with E-state index >= 15 is 0 Å². The van der Waals surface area contributed by atoms with E-state index in [1.165, 1.54) is 12.1 Å². The van der Waals surface area contributed by atoms with Gasteiger partial charge in [-0.05, 0) is 55.8 Å². The van der Waals surface area contributed by atoms with Gasteiger partial charge in [0.05, 0.1) is 18.7 Å². The van der Waals surface area contributed by atoms with E-state index in [-0.39, 0.29) is 11.7 Å². The second-order valence-corrected chi connectivity index (χ2v) is 7.91. The van der Waals surface area contributed by atoms with Crippen LogP contribution in [-0.4, -0.2) is 40.2 Å². The fourth-order valence-corrected chi connectivity index (χ4v) is 4.02. The minimum Gasteiger partial charge on any atom is -0.497 e. The van der Waals surface area contributed by atoms with Crippen molar-refractivity contribution in [1.82, 2.24) is 20.0 Å². The van der Waals surface area contributed by atoms with Gasteiger partial charge in [0.25, 0.3) is 0 Å². The fraction of sp³-hybridized carbons (Fsp3) is 0.292. The monoisotopic (exact) mass is 434 g/mol. The van der Waals surface area contributed by atoms with Crippen LogP contribution in [0.1, 0.15) is 30.3 Å². The average Bonchev–Trinajstić information content (AvgIpc) is 3.50. The number of benzene rings is 2. The predicted octanol–water partition coefficient (Wildman–Crippen LogP) is 4.92. The van der Waals surface area contributed by atoms with Gasteiger partial charge in [-0.25, -0.2) is 9.37 Å². The molecule has 4 aromatic rings. The Morgan fingerprint density at radius 3 is 2.81 bits per heavy atom. The highest BCUT2D eigenvalue weighted by atomic mass is 19.1. The second kappa shape index (κ2) is 8.92. The Morgan fingerprint density at radius 1 is 1.12 bits per heavy atom. The zero-order valence-electron chi connectivity index (χ0n) is 17.7. The molecule has 1 fully saturated rings. The van der Waals surface area contributed by atoms with Crippen molar-refractivity contribution < 1.29 is 18.1 Å². The van der Waals surface area contributed by atoms with Crippen LogP contribution in [0.15, 0.2) is 63.7 Å². The third-order valence-corrected chi connectivity index (χ3v) is 5.65. The molecule has 0 aliphatic carbocycles. The highest BCUT2D eigenvalue weighted by Gasteiger charge is 2.27. The molecule has 1 aliphatic rings. The Hall–Kier alpha value is -3.52. The third-order valence-electron chi connectivity index (χ3n) is 5.65. The van der Waals surface area contributed by atoms with Crippen LogP contribution in [0.3, 0.4) is 0 Å². The summed E-state index contributed by atoms with van der Waals surface area (Å²) in [6.45, 7) is 2.43. The molecule has 3 heterocycles. The molecule has 1 saturated heterocycles. The molecule has 0 saturated carbocycles. The van der Waals surface area contributed by atoms with E-state index < -0.39 is 0 Å². The molecule has 0 N–H and O–H groups in total. The summed E-state index contributed by atoms with van der Waals surface area (Å²) in [5, 5.41) is 4.05. The molecule has 8 heteroatoms. The summed E-state index contributed by atoms with van der Waals surface area (Å²) >= 11 is 0. The van der Waals surface area contributed by atoms with Gasteiger partial charge in [0.15, 0.2) is 0 Å². The van der Waals surface area contributed by atoms with E-state index in [1.54, 1.807) is 25.5 Å². The zero-order valence-corrected chi connectivity index (χ0v) is 17.7. The number of nitrogens with zero attached hydrogens (tertiary/aromatic N) is 4. The normalized spacial score (nSPS) is 16.9. The Morgan fingerprint density at radius 2 is 2.00 bits per heavy atom. The van der Waals surface area contributed by atoms with Gasteiger partial charge in [-0.3, -0.25) is 4.90 Å². The van der Waals surface area contributed by atoms with E-state index in [0.717, 1.165) is 42.9 Å². The van der Waals surface area contributed by atoms with Crippen molar-refractivity contribution in [3.05, 3.63) is 72.2 Å². The molecule has 1 atom stereocenters. The fourth-order valence-electron chi connectivity index (χ4n) is 4.02. The lowest BCUT2D eigenvalue weighted by atomic mass is 9.98. The number of hydrogen-bond donors (Lipinski definition) is 0. The summed E-state index contributed by atoms with van der Waals surface area (Å²) < 4.78 is 29.9. The molecule has 2 aromatic heterocycles. The van der Waals surface area contributed by atoms with Crippen molar-refractivity contribution in [2.24, 2.45) is 0 Å². The SMILES string of the molecule is COc1ccc(-c2nc(CN3CCCC(c4nc(-c5cccc(F)c5)no4)C3)co2)cc1. The molecule has 1 aliphatic heterocycles. The quantitative estimate of drug-likeness (QED) is 0.426. The van der Waals surface area contributed by atoms with Gasteiger partial charge in [-0.15, -0.1) is 0 Å². The number of ether oxygens (including phenoxy) is 1. The first kappa shape index (κ1) is 20.4. The standard InChI is InChI=1S/C24H23FN4O3/c1-30-21-9-7-16(8-10-21)23-26-20(15-31-23)14-29-11-3-5-18(13-29)24-27-22(28-32-24)17-4-2-6-19(25)12-17/h2,4,6-10,12,15,18H,3,5,11,13-14H2,1H3. The van der Waals surface area contributed by atoms with Crippen LogP contribution in [0, 0.1) is 5.82 Å². The number of likely N-dealkylation sites (tertiary alicyclic amines) is 1. The van der Waals surface area contributed by atoms with Gasteiger partial charge >= 0.3 is 0 Å². The summed E-state index contributed by atoms with van der Waals surface area (Å²) in [4.78, 5) is 11.5. The van der Waals surface area contributed by atoms with E-state index in [2.05, 4.69) is 20.0 Å². The van der Waals surface area contributed by atoms with Crippen molar-refractivity contribution in [3.8, 4) is 28.6 Å². The molecule has 1 unspecified atom stereocenters. The Balaban J connectivity index is 1.24. The Kier molecular flexibility index (Phi) is 5.68. The molecular formula is C24H23FN4O3. The van der Waals surface area contributed by atoms with E-state index in [9.17, 15) is 4.39 Å². The number of aromatic nitrogens is 3. The molecule has 2 aromatic carbocycles. The molecule has 32 heavy (non-hydrogen) atoms. The van der Waals surface area contributed by atoms with Crippen LogP contribution in [0.2, 0.25) is 0 Å². The highest BCUT2D eigenvalue weighted by molar-refractivity contribution is 5.55. The number of halogens is 1. The molecule has 0 spiro atoms. The summed E-state index contributed by atoms with van der Waals surface area (Å²) in [5.74, 6) is 2.20. The molecule has 5 rings (SSSR count). The van der Waals surface area contributed by atoms with Crippen molar-refractivity contribution in [2.75, 3.05) is 20.2 Å². The first-order valence-electron chi connectivity index (χ1n) is 10.6. The first-order valence-corrected chi connectivity index (χ1v) is 10.6. The summed E-state index contributed by atoms with van der Waals surface area (Å²) in [6, 6.07) is 13.8. The molecule has 0 bridgehead atoms. The molecule has 0 amide bonds. The maximum absolute atomic E-state index is 13.5. The van der Waals surface area contributed by atoms with Crippen molar-refractivity contribution in [2.45, 2.75) is 25.3 Å². The number of hydrogen-bond acceptors (Lipinski definition) is 7. The van der Waals surface area contributed by atoms with Crippen LogP contribution in [0.5, 0.6) is 5.75 Å². The topological polar surface area (TPSA) is 77.4 Å². The van der Waals surface area contributed by atoms with Gasteiger partial charge < -0.3 is 13.7 Å². The van der Waals surface area contributed by atoms with E-state index in [1.807, 2.05) is 24.3 Å². The zero-order chi connectivity index (χ0) is 21.9. The Labute approximate surface area is 184 Å². The van der Waals surface area contributed by atoms with Gasteiger partial charge in [0.2, 0.25) is 17.6 Å². The molecule has 0 radical (unpaired) electrons. The lowest BCUT2D eigenvalue weighted by molar-refractivity contribution is 0.178.